The van der Waals surface area contributed by atoms with Crippen LogP contribution in [-0.4, -0.2) is 73.2 Å². The van der Waals surface area contributed by atoms with Gasteiger partial charge in [-0.2, -0.15) is 5.10 Å². The second-order valence-electron chi connectivity index (χ2n) is 6.99. The van der Waals surface area contributed by atoms with E-state index in [0.717, 1.165) is 18.5 Å². The third-order valence-corrected chi connectivity index (χ3v) is 6.61. The highest BCUT2D eigenvalue weighted by atomic mass is 32.2. The maximum atomic E-state index is 12.7. The third-order valence-electron chi connectivity index (χ3n) is 5.15. The highest BCUT2D eigenvalue weighted by Crippen LogP contribution is 2.39. The number of rotatable bonds is 6. The van der Waals surface area contributed by atoms with Crippen molar-refractivity contribution in [3.63, 3.8) is 0 Å². The predicted octanol–water partition coefficient (Wildman–Crippen LogP) is -0.343. The maximum Gasteiger partial charge on any atom is 0.257 e. The first-order valence-electron chi connectivity index (χ1n) is 8.24. The Morgan fingerprint density at radius 3 is 2.79 bits per heavy atom. The predicted molar refractivity (Wildman–Crippen MR) is 88.2 cm³/mol. The molecule has 0 spiro atoms. The smallest absolute Gasteiger partial charge is 0.257 e. The summed E-state index contributed by atoms with van der Waals surface area (Å²) in [5.74, 6) is 0.391. The lowest BCUT2D eigenvalue weighted by atomic mass is 9.96. The minimum absolute atomic E-state index is 0.0800. The SMILES string of the molecule is C[C@@H]1COC[C@@](CO)(CNS(=O)(=O)c2cc(C3CC3)nn2C)N1C. The van der Waals surface area contributed by atoms with Crippen molar-refractivity contribution in [3.8, 4) is 0 Å². The molecule has 9 heteroatoms. The van der Waals surface area contributed by atoms with Crippen molar-refractivity contribution in [2.24, 2.45) is 7.05 Å². The number of ether oxygens (including phenoxy) is 1. The van der Waals surface area contributed by atoms with E-state index < -0.39 is 15.6 Å². The van der Waals surface area contributed by atoms with Crippen molar-refractivity contribution in [2.45, 2.75) is 42.3 Å². The number of aryl methyl sites for hydroxylation is 1. The van der Waals surface area contributed by atoms with Crippen molar-refractivity contribution >= 4 is 10.0 Å². The van der Waals surface area contributed by atoms with Gasteiger partial charge in [-0.25, -0.2) is 13.1 Å². The summed E-state index contributed by atoms with van der Waals surface area (Å²) in [6.45, 7) is 2.73. The van der Waals surface area contributed by atoms with E-state index in [1.807, 2.05) is 18.9 Å². The zero-order valence-corrected chi connectivity index (χ0v) is 15.2. The summed E-state index contributed by atoms with van der Waals surface area (Å²) in [6, 6.07) is 1.75. The Balaban J connectivity index is 1.76. The summed E-state index contributed by atoms with van der Waals surface area (Å²) in [5.41, 5.74) is 0.0735. The largest absolute Gasteiger partial charge is 0.394 e. The van der Waals surface area contributed by atoms with Gasteiger partial charge in [-0.05, 0) is 26.8 Å². The molecule has 2 N–H and O–H groups in total. The molecule has 24 heavy (non-hydrogen) atoms. The molecule has 1 aromatic rings. The van der Waals surface area contributed by atoms with Crippen LogP contribution in [0.4, 0.5) is 0 Å². The van der Waals surface area contributed by atoms with Crippen LogP contribution in [-0.2, 0) is 21.8 Å². The number of hydrogen-bond donors (Lipinski definition) is 2. The molecule has 2 heterocycles. The van der Waals surface area contributed by atoms with Crippen LogP contribution in [0.1, 0.15) is 31.4 Å². The Bertz CT molecular complexity index is 700. The number of aromatic nitrogens is 2. The first kappa shape index (κ1) is 17.8. The van der Waals surface area contributed by atoms with Crippen LogP contribution < -0.4 is 4.72 Å². The molecule has 0 aromatic carbocycles. The van der Waals surface area contributed by atoms with E-state index in [1.54, 1.807) is 13.1 Å². The highest BCUT2D eigenvalue weighted by Gasteiger charge is 2.41. The molecule has 2 fully saturated rings. The Morgan fingerprint density at radius 2 is 2.17 bits per heavy atom. The molecule has 1 saturated carbocycles. The summed E-state index contributed by atoms with van der Waals surface area (Å²) in [5, 5.41) is 14.3. The molecular weight excluding hydrogens is 332 g/mol. The molecule has 1 saturated heterocycles. The third kappa shape index (κ3) is 3.23. The van der Waals surface area contributed by atoms with Gasteiger partial charge in [0.2, 0.25) is 0 Å². The van der Waals surface area contributed by atoms with Gasteiger partial charge < -0.3 is 9.84 Å². The van der Waals surface area contributed by atoms with E-state index in [9.17, 15) is 13.5 Å². The lowest BCUT2D eigenvalue weighted by Gasteiger charge is -2.47. The van der Waals surface area contributed by atoms with Gasteiger partial charge in [-0.3, -0.25) is 9.58 Å². The molecule has 0 bridgehead atoms. The molecule has 1 aliphatic carbocycles. The summed E-state index contributed by atoms with van der Waals surface area (Å²) in [4.78, 5) is 1.98. The van der Waals surface area contributed by atoms with Crippen molar-refractivity contribution in [3.05, 3.63) is 11.8 Å². The van der Waals surface area contributed by atoms with Crippen LogP contribution >= 0.6 is 0 Å². The fourth-order valence-corrected chi connectivity index (χ4v) is 4.37. The van der Waals surface area contributed by atoms with E-state index in [-0.39, 0.29) is 30.8 Å². The topological polar surface area (TPSA) is 96.7 Å². The molecule has 2 atom stereocenters. The van der Waals surface area contributed by atoms with Crippen molar-refractivity contribution in [1.29, 1.82) is 0 Å². The lowest BCUT2D eigenvalue weighted by molar-refractivity contribution is -0.104. The zero-order valence-electron chi connectivity index (χ0n) is 14.4. The Labute approximate surface area is 142 Å². The average molecular weight is 358 g/mol. The van der Waals surface area contributed by atoms with Crippen molar-refractivity contribution < 1.29 is 18.3 Å². The fourth-order valence-electron chi connectivity index (χ4n) is 3.09. The first-order chi connectivity index (χ1) is 11.3. The molecule has 0 amide bonds. The van der Waals surface area contributed by atoms with E-state index in [0.29, 0.717) is 12.5 Å². The average Bonchev–Trinajstić information content (AvgIpc) is 3.31. The summed E-state index contributed by atoms with van der Waals surface area (Å²) in [6.07, 6.45) is 2.13. The van der Waals surface area contributed by atoms with Gasteiger partial charge in [-0.15, -0.1) is 0 Å². The quantitative estimate of drug-likeness (QED) is 0.722. The first-order valence-corrected chi connectivity index (χ1v) is 9.72. The standard InChI is InChI=1S/C15H26N4O4S/c1-11-7-23-10-15(9-20,18(11)2)8-16-24(21,22)14-6-13(12-4-5-12)17-19(14)3/h6,11-12,16,20H,4-5,7-10H2,1-3H3/t11-,15+/m1/s1. The number of likely N-dealkylation sites (N-methyl/N-ethyl adjacent to an activating group) is 1. The lowest BCUT2D eigenvalue weighted by Crippen LogP contribution is -2.65. The number of nitrogens with zero attached hydrogens (tertiary/aromatic N) is 3. The monoisotopic (exact) mass is 358 g/mol. The van der Waals surface area contributed by atoms with Crippen LogP contribution in [0.15, 0.2) is 11.1 Å². The molecule has 0 radical (unpaired) electrons. The minimum Gasteiger partial charge on any atom is -0.394 e. The molecule has 0 unspecified atom stereocenters. The van der Waals surface area contributed by atoms with Crippen LogP contribution in [0.25, 0.3) is 0 Å². The van der Waals surface area contributed by atoms with Gasteiger partial charge in [0.15, 0.2) is 5.03 Å². The Hall–Kier alpha value is -1.00. The molecule has 1 aromatic heterocycles. The van der Waals surface area contributed by atoms with Gasteiger partial charge in [-0.1, -0.05) is 0 Å². The molecule has 3 rings (SSSR count). The van der Waals surface area contributed by atoms with Crippen molar-refractivity contribution in [1.82, 2.24) is 19.4 Å². The minimum atomic E-state index is -3.71. The van der Waals surface area contributed by atoms with E-state index in [2.05, 4.69) is 9.82 Å². The van der Waals surface area contributed by atoms with Gasteiger partial charge in [0.05, 0.1) is 31.1 Å². The normalized spacial score (nSPS) is 29.1. The highest BCUT2D eigenvalue weighted by molar-refractivity contribution is 7.89. The zero-order chi connectivity index (χ0) is 17.5. The number of aliphatic hydroxyl groups excluding tert-OH is 1. The van der Waals surface area contributed by atoms with Crippen LogP contribution in [0.5, 0.6) is 0 Å². The second-order valence-corrected chi connectivity index (χ2v) is 8.70. The van der Waals surface area contributed by atoms with E-state index in [4.69, 9.17) is 4.74 Å². The summed E-state index contributed by atoms with van der Waals surface area (Å²) >= 11 is 0. The van der Waals surface area contributed by atoms with Crippen LogP contribution in [0, 0.1) is 0 Å². The van der Waals surface area contributed by atoms with E-state index in [1.165, 1.54) is 4.68 Å². The van der Waals surface area contributed by atoms with Crippen LogP contribution in [0.2, 0.25) is 0 Å². The number of morpholine rings is 1. The molecular formula is C15H26N4O4S. The van der Waals surface area contributed by atoms with Gasteiger partial charge >= 0.3 is 0 Å². The van der Waals surface area contributed by atoms with E-state index >= 15 is 0 Å². The van der Waals surface area contributed by atoms with Gasteiger partial charge in [0.25, 0.3) is 10.0 Å². The van der Waals surface area contributed by atoms with Crippen LogP contribution in [0.3, 0.4) is 0 Å². The summed E-state index contributed by atoms with van der Waals surface area (Å²) in [7, 11) is -0.186. The second kappa shape index (κ2) is 6.38. The summed E-state index contributed by atoms with van der Waals surface area (Å²) < 4.78 is 35.0. The molecule has 1 aliphatic heterocycles. The number of sulfonamides is 1. The number of nitrogens with one attached hydrogen (secondary N) is 1. The van der Waals surface area contributed by atoms with Crippen molar-refractivity contribution in [2.75, 3.05) is 33.4 Å². The number of hydrogen-bond acceptors (Lipinski definition) is 6. The number of aliphatic hydroxyl groups is 1. The fraction of sp³-hybridized carbons (Fsp3) is 0.800. The van der Waals surface area contributed by atoms with Gasteiger partial charge in [0.1, 0.15) is 0 Å². The molecule has 136 valence electrons. The molecule has 2 aliphatic rings. The van der Waals surface area contributed by atoms with Gasteiger partial charge in [0, 0.05) is 31.6 Å². The Kier molecular flexibility index (Phi) is 4.73. The Morgan fingerprint density at radius 1 is 1.46 bits per heavy atom. The maximum absolute atomic E-state index is 12.7. The molecule has 8 nitrogen and oxygen atoms in total.